The maximum absolute atomic E-state index is 14.7. The molecule has 2 aliphatic heterocycles. The summed E-state index contributed by atoms with van der Waals surface area (Å²) in [5, 5.41) is 2.37. The van der Waals surface area contributed by atoms with Crippen molar-refractivity contribution in [2.45, 2.75) is 43.8 Å². The lowest BCUT2D eigenvalue weighted by molar-refractivity contribution is 0.0557. The zero-order valence-electron chi connectivity index (χ0n) is 15.8. The number of ether oxygens (including phenoxy) is 2. The van der Waals surface area contributed by atoms with Crippen LogP contribution in [0.25, 0.3) is 0 Å². The predicted octanol–water partition coefficient (Wildman–Crippen LogP) is 2.69. The molecule has 1 N–H and O–H groups in total. The number of fused-ring (bicyclic) bond motifs is 1. The Kier molecular flexibility index (Phi) is 5.22. The van der Waals surface area contributed by atoms with Gasteiger partial charge in [0.2, 0.25) is 11.4 Å². The summed E-state index contributed by atoms with van der Waals surface area (Å²) in [7, 11) is -2.84. The van der Waals surface area contributed by atoms with E-state index >= 15 is 0 Å². The minimum atomic E-state index is -4.09. The third kappa shape index (κ3) is 3.62. The van der Waals surface area contributed by atoms with Gasteiger partial charge in [-0.25, -0.2) is 26.9 Å². The van der Waals surface area contributed by atoms with E-state index in [1.165, 1.54) is 25.2 Å². The molecule has 1 saturated heterocycles. The highest BCUT2D eigenvalue weighted by Gasteiger charge is 2.59. The second-order valence-electron chi connectivity index (χ2n) is 7.58. The second-order valence-corrected chi connectivity index (χ2v) is 10.5. The third-order valence-electron chi connectivity index (χ3n) is 4.41. The van der Waals surface area contributed by atoms with E-state index in [9.17, 15) is 17.6 Å². The molecule has 0 aromatic heterocycles. The number of rotatable bonds is 1. The van der Waals surface area contributed by atoms with Crippen molar-refractivity contribution in [3.8, 4) is 0 Å². The monoisotopic (exact) mass is 477 g/mol. The van der Waals surface area contributed by atoms with Crippen molar-refractivity contribution in [1.29, 1.82) is 0 Å². The number of carbonyl (C=O) groups excluding carboxylic acids is 1. The number of nitrogens with one attached hydrogen (secondary N) is 1. The standard InChI is InChI=1S/C17H21BrFN3O5S/c1-16(2,3)27-15(23)20-14-21-17(11-9-10(18)5-6-12(11)19)7-8-26-13(17)28(24,25)22(14)4/h5-6,9,13H,7-8H2,1-4H3,(H,20,21,23)/t13?,17-/m1/s1. The van der Waals surface area contributed by atoms with Crippen molar-refractivity contribution < 1.29 is 27.1 Å². The Balaban J connectivity index is 2.13. The van der Waals surface area contributed by atoms with Crippen LogP contribution in [0.5, 0.6) is 0 Å². The number of hydrogen-bond acceptors (Lipinski definition) is 6. The van der Waals surface area contributed by atoms with Gasteiger partial charge in [0, 0.05) is 23.5 Å². The van der Waals surface area contributed by atoms with Crippen LogP contribution in [0, 0.1) is 5.82 Å². The molecule has 0 saturated carbocycles. The number of carbonyl (C=O) groups is 1. The molecule has 0 radical (unpaired) electrons. The van der Waals surface area contributed by atoms with Gasteiger partial charge in [0.1, 0.15) is 17.0 Å². The van der Waals surface area contributed by atoms with Crippen LogP contribution in [0.3, 0.4) is 0 Å². The van der Waals surface area contributed by atoms with Gasteiger partial charge < -0.3 is 9.47 Å². The number of nitrogens with zero attached hydrogens (tertiary/aromatic N) is 2. The minimum absolute atomic E-state index is 0.0736. The van der Waals surface area contributed by atoms with Gasteiger partial charge in [0.15, 0.2) is 0 Å². The van der Waals surface area contributed by atoms with E-state index in [1.54, 1.807) is 20.8 Å². The Labute approximate surface area is 171 Å². The van der Waals surface area contributed by atoms with Crippen molar-refractivity contribution in [2.24, 2.45) is 4.99 Å². The van der Waals surface area contributed by atoms with Crippen LogP contribution >= 0.6 is 15.9 Å². The molecule has 0 aliphatic carbocycles. The molecule has 1 amide bonds. The van der Waals surface area contributed by atoms with Gasteiger partial charge in [-0.05, 0) is 39.0 Å². The van der Waals surface area contributed by atoms with Crippen LogP contribution < -0.4 is 5.32 Å². The van der Waals surface area contributed by atoms with E-state index in [2.05, 4.69) is 26.2 Å². The Morgan fingerprint density at radius 3 is 2.79 bits per heavy atom. The Morgan fingerprint density at radius 2 is 2.14 bits per heavy atom. The van der Waals surface area contributed by atoms with Gasteiger partial charge in [0.05, 0.1) is 6.61 Å². The average molecular weight is 478 g/mol. The van der Waals surface area contributed by atoms with Gasteiger partial charge in [-0.15, -0.1) is 0 Å². The topological polar surface area (TPSA) is 97.3 Å². The summed E-state index contributed by atoms with van der Waals surface area (Å²) in [5.74, 6) is -0.866. The molecular weight excluding hydrogens is 457 g/mol. The average Bonchev–Trinajstić information content (AvgIpc) is 2.99. The first kappa shape index (κ1) is 21.0. The van der Waals surface area contributed by atoms with E-state index in [-0.39, 0.29) is 24.6 Å². The van der Waals surface area contributed by atoms with Crippen LogP contribution in [-0.2, 0) is 25.0 Å². The van der Waals surface area contributed by atoms with Crippen LogP contribution in [-0.4, -0.2) is 49.5 Å². The maximum atomic E-state index is 14.7. The van der Waals surface area contributed by atoms with Gasteiger partial charge >= 0.3 is 6.09 Å². The Bertz CT molecular complexity index is 947. The normalized spacial score (nSPS) is 26.4. The minimum Gasteiger partial charge on any atom is -0.444 e. The molecule has 1 fully saturated rings. The van der Waals surface area contributed by atoms with E-state index < -0.39 is 38.5 Å². The smallest absolute Gasteiger partial charge is 0.414 e. The number of halogens is 2. The van der Waals surface area contributed by atoms with Gasteiger partial charge in [-0.2, -0.15) is 0 Å². The highest BCUT2D eigenvalue weighted by atomic mass is 79.9. The number of guanidine groups is 1. The molecule has 1 aromatic rings. The van der Waals surface area contributed by atoms with Gasteiger partial charge in [-0.1, -0.05) is 15.9 Å². The van der Waals surface area contributed by atoms with Crippen molar-refractivity contribution in [2.75, 3.05) is 13.7 Å². The molecule has 8 nitrogen and oxygen atoms in total. The summed E-state index contributed by atoms with van der Waals surface area (Å²) < 4.78 is 52.8. The van der Waals surface area contributed by atoms with E-state index in [0.29, 0.717) is 4.47 Å². The molecule has 1 aromatic carbocycles. The first-order chi connectivity index (χ1) is 12.9. The van der Waals surface area contributed by atoms with Crippen LogP contribution in [0.4, 0.5) is 9.18 Å². The lowest BCUT2D eigenvalue weighted by Crippen LogP contribution is -2.58. The number of alkyl carbamates (subject to hydrolysis) is 1. The Hall–Kier alpha value is -1.72. The van der Waals surface area contributed by atoms with E-state index in [4.69, 9.17) is 9.47 Å². The van der Waals surface area contributed by atoms with Crippen LogP contribution in [0.15, 0.2) is 27.7 Å². The summed E-state index contributed by atoms with van der Waals surface area (Å²) in [4.78, 5) is 16.6. The van der Waals surface area contributed by atoms with Crippen molar-refractivity contribution in [3.05, 3.63) is 34.1 Å². The molecule has 3 rings (SSSR count). The molecular formula is C17H21BrFN3O5S. The molecule has 0 bridgehead atoms. The van der Waals surface area contributed by atoms with Crippen molar-refractivity contribution in [3.63, 3.8) is 0 Å². The number of aliphatic imine (C=N–C) groups is 1. The van der Waals surface area contributed by atoms with Gasteiger partial charge in [0.25, 0.3) is 10.0 Å². The predicted molar refractivity (Wildman–Crippen MR) is 104 cm³/mol. The number of amides is 1. The maximum Gasteiger partial charge on any atom is 0.414 e. The first-order valence-electron chi connectivity index (χ1n) is 8.51. The lowest BCUT2D eigenvalue weighted by atomic mass is 9.89. The highest BCUT2D eigenvalue weighted by Crippen LogP contribution is 2.47. The molecule has 0 spiro atoms. The number of sulfonamides is 1. The summed E-state index contributed by atoms with van der Waals surface area (Å²) in [6.45, 7) is 5.10. The van der Waals surface area contributed by atoms with Crippen molar-refractivity contribution >= 4 is 38.0 Å². The summed E-state index contributed by atoms with van der Waals surface area (Å²) in [6, 6.07) is 4.21. The highest BCUT2D eigenvalue weighted by molar-refractivity contribution is 9.10. The fraction of sp³-hybridized carbons (Fsp3) is 0.529. The second kappa shape index (κ2) is 6.96. The van der Waals surface area contributed by atoms with Crippen molar-refractivity contribution in [1.82, 2.24) is 9.62 Å². The van der Waals surface area contributed by atoms with E-state index in [0.717, 1.165) is 4.31 Å². The third-order valence-corrected chi connectivity index (χ3v) is 6.90. The molecule has 1 unspecified atom stereocenters. The number of hydrogen-bond donors (Lipinski definition) is 1. The first-order valence-corrected chi connectivity index (χ1v) is 10.8. The molecule has 11 heteroatoms. The molecule has 154 valence electrons. The molecule has 2 aliphatic rings. The zero-order valence-corrected chi connectivity index (χ0v) is 18.2. The summed E-state index contributed by atoms with van der Waals surface area (Å²) in [5.41, 5.74) is -3.64. The number of benzene rings is 1. The molecule has 2 atom stereocenters. The Morgan fingerprint density at radius 1 is 1.46 bits per heavy atom. The van der Waals surface area contributed by atoms with Crippen LogP contribution in [0.1, 0.15) is 32.8 Å². The zero-order chi connectivity index (χ0) is 20.9. The SMILES string of the molecule is CN1C(NC(=O)OC(C)(C)C)=N[C@@]2(c3cc(Br)ccc3F)CCOC2S1(=O)=O. The fourth-order valence-electron chi connectivity index (χ4n) is 3.19. The summed E-state index contributed by atoms with van der Waals surface area (Å²) in [6.07, 6.45) is -0.729. The van der Waals surface area contributed by atoms with E-state index in [1.807, 2.05) is 0 Å². The quantitative estimate of drug-likeness (QED) is 0.670. The molecule has 28 heavy (non-hydrogen) atoms. The molecule has 2 heterocycles. The summed E-state index contributed by atoms with van der Waals surface area (Å²) >= 11 is 3.28. The van der Waals surface area contributed by atoms with Gasteiger partial charge in [-0.3, -0.25) is 5.32 Å². The lowest BCUT2D eigenvalue weighted by Gasteiger charge is -2.39. The fourth-order valence-corrected chi connectivity index (χ4v) is 5.23. The van der Waals surface area contributed by atoms with Crippen LogP contribution in [0.2, 0.25) is 0 Å². The largest absolute Gasteiger partial charge is 0.444 e.